The normalized spacial score (nSPS) is 12.0. The number of ether oxygens (including phenoxy) is 3. The lowest BCUT2D eigenvalue weighted by molar-refractivity contribution is -0.167. The Morgan fingerprint density at radius 3 is 0.877 bits per heavy atom. The van der Waals surface area contributed by atoms with Crippen LogP contribution in [0.2, 0.25) is 0 Å². The number of hydrogen-bond acceptors (Lipinski definition) is 6. The Kier molecular flexibility index (Phi) is 45.3. The molecule has 0 aromatic rings. The van der Waals surface area contributed by atoms with Crippen molar-refractivity contribution in [2.24, 2.45) is 0 Å². The molecule has 0 heterocycles. The summed E-state index contributed by atoms with van der Waals surface area (Å²) in [6, 6.07) is 0. The van der Waals surface area contributed by atoms with Crippen LogP contribution in [0, 0.1) is 0 Å². The predicted octanol–water partition coefficient (Wildman–Crippen LogP) is 16.2. The minimum Gasteiger partial charge on any atom is -0.462 e. The molecule has 0 bridgehead atoms. The Balaban J connectivity index is 4.15. The van der Waals surface area contributed by atoms with Gasteiger partial charge < -0.3 is 14.2 Å². The summed E-state index contributed by atoms with van der Waals surface area (Å²) in [5.74, 6) is -0.862. The van der Waals surface area contributed by atoms with E-state index in [1.807, 2.05) is 0 Å². The molecule has 0 aromatic heterocycles. The van der Waals surface area contributed by atoms with E-state index < -0.39 is 6.10 Å². The average molecular weight is 805 g/mol. The van der Waals surface area contributed by atoms with E-state index in [0.29, 0.717) is 19.3 Å². The number of carbonyl (C=O) groups excluding carboxylic acids is 3. The summed E-state index contributed by atoms with van der Waals surface area (Å²) in [5.41, 5.74) is 0. The lowest BCUT2D eigenvalue weighted by atomic mass is 10.1. The molecule has 336 valence electrons. The van der Waals surface area contributed by atoms with Crippen LogP contribution in [0.1, 0.15) is 278 Å². The van der Waals surface area contributed by atoms with Crippen molar-refractivity contribution >= 4 is 17.9 Å². The van der Waals surface area contributed by atoms with Gasteiger partial charge in [0.15, 0.2) is 6.10 Å². The van der Waals surface area contributed by atoms with Gasteiger partial charge in [0.05, 0.1) is 0 Å². The van der Waals surface area contributed by atoms with Gasteiger partial charge in [-0.1, -0.05) is 226 Å². The van der Waals surface area contributed by atoms with Crippen LogP contribution in [0.25, 0.3) is 0 Å². The van der Waals surface area contributed by atoms with Crippen LogP contribution in [0.4, 0.5) is 0 Å². The Morgan fingerprint density at radius 2 is 0.579 bits per heavy atom. The number of esters is 3. The lowest BCUT2D eigenvalue weighted by Gasteiger charge is -2.18. The minimum absolute atomic E-state index is 0.0665. The van der Waals surface area contributed by atoms with E-state index in [9.17, 15) is 14.4 Å². The van der Waals surface area contributed by atoms with E-state index in [-0.39, 0.29) is 31.1 Å². The smallest absolute Gasteiger partial charge is 0.306 e. The Bertz CT molecular complexity index is 885. The highest BCUT2D eigenvalue weighted by Gasteiger charge is 2.19. The van der Waals surface area contributed by atoms with Crippen molar-refractivity contribution < 1.29 is 28.6 Å². The van der Waals surface area contributed by atoms with E-state index in [2.05, 4.69) is 32.9 Å². The standard InChI is InChI=1S/C51H96O6/c1-4-7-10-13-16-19-21-22-23-24-25-26-27-28-29-30-31-33-35-38-41-44-50(53)56-47-48(46-55-49(52)43-40-37-34-18-15-12-9-6-3)57-51(54)45-42-39-36-32-20-17-14-11-8-5-2/h24-25,48H,4-23,26-47H2,1-3H3/b25-24-. The molecule has 0 aliphatic carbocycles. The van der Waals surface area contributed by atoms with Crippen LogP contribution in [0.3, 0.4) is 0 Å². The van der Waals surface area contributed by atoms with E-state index in [4.69, 9.17) is 14.2 Å². The first-order valence-corrected chi connectivity index (χ1v) is 25.2. The zero-order valence-corrected chi connectivity index (χ0v) is 38.4. The highest BCUT2D eigenvalue weighted by atomic mass is 16.6. The third-order valence-electron chi connectivity index (χ3n) is 11.3. The van der Waals surface area contributed by atoms with Gasteiger partial charge in [0.2, 0.25) is 0 Å². The van der Waals surface area contributed by atoms with Crippen molar-refractivity contribution in [1.82, 2.24) is 0 Å². The number of allylic oxidation sites excluding steroid dienone is 2. The van der Waals surface area contributed by atoms with Gasteiger partial charge in [0, 0.05) is 19.3 Å². The molecule has 57 heavy (non-hydrogen) atoms. The average Bonchev–Trinajstić information content (AvgIpc) is 3.21. The molecule has 0 radical (unpaired) electrons. The molecule has 0 aliphatic rings. The summed E-state index contributed by atoms with van der Waals surface area (Å²) in [4.78, 5) is 37.7. The molecular weight excluding hydrogens is 709 g/mol. The second kappa shape index (κ2) is 46.8. The molecular formula is C51H96O6. The summed E-state index contributed by atoms with van der Waals surface area (Å²) in [6.07, 6.45) is 50.7. The summed E-state index contributed by atoms with van der Waals surface area (Å²) in [6.45, 7) is 6.62. The number of rotatable bonds is 46. The molecule has 6 heteroatoms. The molecule has 0 spiro atoms. The van der Waals surface area contributed by atoms with Crippen molar-refractivity contribution in [3.8, 4) is 0 Å². The van der Waals surface area contributed by atoms with Crippen LogP contribution < -0.4 is 0 Å². The predicted molar refractivity (Wildman–Crippen MR) is 243 cm³/mol. The highest BCUT2D eigenvalue weighted by molar-refractivity contribution is 5.71. The van der Waals surface area contributed by atoms with Gasteiger partial charge in [-0.15, -0.1) is 0 Å². The third kappa shape index (κ3) is 45.1. The molecule has 0 saturated heterocycles. The minimum atomic E-state index is -0.761. The second-order valence-corrected chi connectivity index (χ2v) is 17.1. The quantitative estimate of drug-likeness (QED) is 0.0264. The summed E-state index contributed by atoms with van der Waals surface area (Å²) in [7, 11) is 0. The van der Waals surface area contributed by atoms with E-state index in [1.165, 1.54) is 180 Å². The van der Waals surface area contributed by atoms with Gasteiger partial charge in [-0.3, -0.25) is 14.4 Å². The van der Waals surface area contributed by atoms with Crippen LogP contribution in [-0.4, -0.2) is 37.2 Å². The molecule has 1 unspecified atom stereocenters. The molecule has 0 rings (SSSR count). The molecule has 0 fully saturated rings. The van der Waals surface area contributed by atoms with Gasteiger partial charge in [-0.05, 0) is 44.9 Å². The largest absolute Gasteiger partial charge is 0.462 e. The fraction of sp³-hybridized carbons (Fsp3) is 0.902. The van der Waals surface area contributed by atoms with E-state index >= 15 is 0 Å². The Morgan fingerprint density at radius 1 is 0.333 bits per heavy atom. The van der Waals surface area contributed by atoms with Crippen LogP contribution in [0.15, 0.2) is 12.2 Å². The van der Waals surface area contributed by atoms with Crippen LogP contribution >= 0.6 is 0 Å². The first-order chi connectivity index (χ1) is 28.0. The van der Waals surface area contributed by atoms with Gasteiger partial charge in [-0.25, -0.2) is 0 Å². The Hall–Kier alpha value is -1.85. The molecule has 0 aromatic carbocycles. The van der Waals surface area contributed by atoms with Crippen LogP contribution in [0.5, 0.6) is 0 Å². The zero-order valence-electron chi connectivity index (χ0n) is 38.4. The number of carbonyl (C=O) groups is 3. The van der Waals surface area contributed by atoms with Gasteiger partial charge in [0.1, 0.15) is 13.2 Å². The van der Waals surface area contributed by atoms with Crippen molar-refractivity contribution in [1.29, 1.82) is 0 Å². The summed E-state index contributed by atoms with van der Waals surface area (Å²) < 4.78 is 16.7. The van der Waals surface area contributed by atoms with E-state index in [1.54, 1.807) is 0 Å². The van der Waals surface area contributed by atoms with Crippen molar-refractivity contribution in [2.75, 3.05) is 13.2 Å². The number of hydrogen-bond donors (Lipinski definition) is 0. The zero-order chi connectivity index (χ0) is 41.5. The molecule has 0 N–H and O–H groups in total. The molecule has 6 nitrogen and oxygen atoms in total. The topological polar surface area (TPSA) is 78.9 Å². The van der Waals surface area contributed by atoms with Gasteiger partial charge in [0.25, 0.3) is 0 Å². The maximum absolute atomic E-state index is 12.7. The maximum Gasteiger partial charge on any atom is 0.306 e. The second-order valence-electron chi connectivity index (χ2n) is 17.1. The molecule has 1 atom stereocenters. The SMILES string of the molecule is CCCCCCCCCC/C=C\CCCCCCCCCCCC(=O)OCC(COC(=O)CCCCCCCCCC)OC(=O)CCCCCCCCCCCC. The Labute approximate surface area is 354 Å². The van der Waals surface area contributed by atoms with Crippen LogP contribution in [-0.2, 0) is 28.6 Å². The van der Waals surface area contributed by atoms with Crippen molar-refractivity contribution in [2.45, 2.75) is 284 Å². The maximum atomic E-state index is 12.7. The van der Waals surface area contributed by atoms with Crippen molar-refractivity contribution in [3.05, 3.63) is 12.2 Å². The first-order valence-electron chi connectivity index (χ1n) is 25.2. The fourth-order valence-corrected chi connectivity index (χ4v) is 7.44. The van der Waals surface area contributed by atoms with E-state index in [0.717, 1.165) is 57.8 Å². The lowest BCUT2D eigenvalue weighted by Crippen LogP contribution is -2.30. The third-order valence-corrected chi connectivity index (χ3v) is 11.3. The molecule has 0 amide bonds. The summed E-state index contributed by atoms with van der Waals surface area (Å²) >= 11 is 0. The van der Waals surface area contributed by atoms with Gasteiger partial charge in [-0.2, -0.15) is 0 Å². The first kappa shape index (κ1) is 55.2. The van der Waals surface area contributed by atoms with Gasteiger partial charge >= 0.3 is 17.9 Å². The highest BCUT2D eigenvalue weighted by Crippen LogP contribution is 2.15. The van der Waals surface area contributed by atoms with Crippen molar-refractivity contribution in [3.63, 3.8) is 0 Å². The fourth-order valence-electron chi connectivity index (χ4n) is 7.44. The number of unbranched alkanes of at least 4 members (excludes halogenated alkanes) is 33. The monoisotopic (exact) mass is 805 g/mol. The summed E-state index contributed by atoms with van der Waals surface area (Å²) in [5, 5.41) is 0. The molecule has 0 aliphatic heterocycles. The molecule has 0 saturated carbocycles.